The first-order chi connectivity index (χ1) is 15.2. The smallest absolute Gasteiger partial charge is 0.278 e. The molecule has 0 aliphatic carbocycles. The van der Waals surface area contributed by atoms with E-state index >= 15 is 0 Å². The fourth-order valence-corrected chi connectivity index (χ4v) is 4.16. The highest BCUT2D eigenvalue weighted by atomic mass is 19.1. The molecule has 0 saturated carbocycles. The summed E-state index contributed by atoms with van der Waals surface area (Å²) < 4.78 is 14.1. The Morgan fingerprint density at radius 2 is 1.48 bits per heavy atom. The quantitative estimate of drug-likeness (QED) is 0.646. The first-order valence-electron chi connectivity index (χ1n) is 10.5. The number of benzene rings is 3. The summed E-state index contributed by atoms with van der Waals surface area (Å²) in [5.74, 6) is -0.620. The Balaban J connectivity index is 1.35. The molecular formula is C25H23FN4O. The summed E-state index contributed by atoms with van der Waals surface area (Å²) in [4.78, 5) is 24.1. The molecule has 0 unspecified atom stereocenters. The first-order valence-corrected chi connectivity index (χ1v) is 10.5. The lowest BCUT2D eigenvalue weighted by Gasteiger charge is -2.37. The number of halogens is 1. The number of anilines is 2. The van der Waals surface area contributed by atoms with Gasteiger partial charge in [0.1, 0.15) is 11.5 Å². The summed E-state index contributed by atoms with van der Waals surface area (Å²) >= 11 is 0. The van der Waals surface area contributed by atoms with Gasteiger partial charge in [-0.1, -0.05) is 48.5 Å². The van der Waals surface area contributed by atoms with Gasteiger partial charge < -0.3 is 4.90 Å². The van der Waals surface area contributed by atoms with Gasteiger partial charge in [0.05, 0.1) is 18.0 Å². The predicted octanol–water partition coefficient (Wildman–Crippen LogP) is 4.07. The lowest BCUT2D eigenvalue weighted by molar-refractivity contribution is -0.112. The van der Waals surface area contributed by atoms with Crippen LogP contribution in [0.1, 0.15) is 5.56 Å². The van der Waals surface area contributed by atoms with E-state index < -0.39 is 5.82 Å². The summed E-state index contributed by atoms with van der Waals surface area (Å²) in [6.07, 6.45) is 0. The lowest BCUT2D eigenvalue weighted by atomic mass is 10.1. The second kappa shape index (κ2) is 8.32. The van der Waals surface area contributed by atoms with Crippen LogP contribution in [-0.2, 0) is 4.79 Å². The number of carbonyl (C=O) groups excluding carboxylic acids is 1. The van der Waals surface area contributed by atoms with Crippen molar-refractivity contribution in [3.8, 4) is 0 Å². The van der Waals surface area contributed by atoms with Crippen molar-refractivity contribution in [3.05, 3.63) is 90.2 Å². The average molecular weight is 414 g/mol. The molecule has 2 aliphatic rings. The molecule has 3 aromatic carbocycles. The molecule has 1 fully saturated rings. The molecule has 0 bridgehead atoms. The maximum atomic E-state index is 14.1. The maximum Gasteiger partial charge on any atom is 0.278 e. The number of carbonyl (C=O) groups is 1. The van der Waals surface area contributed by atoms with Crippen LogP contribution >= 0.6 is 0 Å². The highest BCUT2D eigenvalue weighted by molar-refractivity contribution is 6.54. The van der Waals surface area contributed by atoms with E-state index in [1.165, 1.54) is 11.8 Å². The lowest BCUT2D eigenvalue weighted by Crippen LogP contribution is -2.51. The maximum absolute atomic E-state index is 14.1. The molecule has 0 radical (unpaired) electrons. The molecule has 1 amide bonds. The number of fused-ring (bicyclic) bond motifs is 1. The molecule has 5 nitrogen and oxygen atoms in total. The third-order valence-electron chi connectivity index (χ3n) is 5.82. The van der Waals surface area contributed by atoms with Crippen molar-refractivity contribution < 1.29 is 9.18 Å². The van der Waals surface area contributed by atoms with Crippen LogP contribution < -0.4 is 9.80 Å². The number of hydrogen-bond donors (Lipinski definition) is 0. The summed E-state index contributed by atoms with van der Waals surface area (Å²) in [5.41, 5.74) is 3.28. The van der Waals surface area contributed by atoms with Crippen molar-refractivity contribution in [2.45, 2.75) is 0 Å². The Morgan fingerprint density at radius 3 is 2.26 bits per heavy atom. The van der Waals surface area contributed by atoms with E-state index in [1.54, 1.807) is 23.1 Å². The largest absolute Gasteiger partial charge is 0.369 e. The highest BCUT2D eigenvalue weighted by Gasteiger charge is 2.35. The zero-order valence-electron chi connectivity index (χ0n) is 17.1. The van der Waals surface area contributed by atoms with Gasteiger partial charge in [0, 0.05) is 37.4 Å². The number of hydrogen-bond acceptors (Lipinski definition) is 4. The molecule has 2 aliphatic heterocycles. The molecule has 5 rings (SSSR count). The number of rotatable bonds is 4. The summed E-state index contributed by atoms with van der Waals surface area (Å²) in [5, 5.41) is 0. The van der Waals surface area contributed by atoms with E-state index in [0.717, 1.165) is 37.4 Å². The van der Waals surface area contributed by atoms with Gasteiger partial charge in [0.25, 0.3) is 5.91 Å². The van der Waals surface area contributed by atoms with Gasteiger partial charge in [-0.05, 0) is 30.3 Å². The van der Waals surface area contributed by atoms with E-state index in [2.05, 4.69) is 39.1 Å². The van der Waals surface area contributed by atoms with Crippen LogP contribution in [0.15, 0.2) is 83.9 Å². The molecule has 1 saturated heterocycles. The Bertz CT molecular complexity index is 1120. The number of piperazine rings is 1. The van der Waals surface area contributed by atoms with Gasteiger partial charge in [0.2, 0.25) is 0 Å². The zero-order valence-corrected chi connectivity index (χ0v) is 17.1. The van der Waals surface area contributed by atoms with Crippen LogP contribution in [0.3, 0.4) is 0 Å². The van der Waals surface area contributed by atoms with Crippen molar-refractivity contribution in [2.24, 2.45) is 4.99 Å². The van der Waals surface area contributed by atoms with E-state index in [0.29, 0.717) is 12.4 Å². The Morgan fingerprint density at radius 1 is 0.806 bits per heavy atom. The first kappa shape index (κ1) is 19.5. The normalized spacial score (nSPS) is 18.0. The van der Waals surface area contributed by atoms with Crippen molar-refractivity contribution in [1.29, 1.82) is 0 Å². The number of nitrogens with zero attached hydrogens (tertiary/aromatic N) is 4. The standard InChI is InChI=1S/C25H23FN4O/c26-21-11-5-6-12-22(21)27-24-20-10-4-7-13-23(20)30(25(24)31)18-28-14-16-29(17-15-28)19-8-2-1-3-9-19/h1-13H,14-18H2. The minimum atomic E-state index is -0.434. The monoisotopic (exact) mass is 414 g/mol. The molecule has 2 heterocycles. The summed E-state index contributed by atoms with van der Waals surface area (Å²) in [6.45, 7) is 4.03. The van der Waals surface area contributed by atoms with Crippen molar-refractivity contribution >= 4 is 28.7 Å². The Labute approximate surface area is 181 Å². The number of para-hydroxylation sites is 3. The number of amides is 1. The van der Waals surface area contributed by atoms with E-state index in [4.69, 9.17) is 0 Å². The van der Waals surface area contributed by atoms with Gasteiger partial charge in [-0.3, -0.25) is 14.6 Å². The Kier molecular flexibility index (Phi) is 5.22. The zero-order chi connectivity index (χ0) is 21.2. The third kappa shape index (κ3) is 3.82. The molecule has 0 atom stereocenters. The predicted molar refractivity (Wildman–Crippen MR) is 122 cm³/mol. The van der Waals surface area contributed by atoms with Gasteiger partial charge in [-0.25, -0.2) is 9.38 Å². The minimum absolute atomic E-state index is 0.180. The van der Waals surface area contributed by atoms with Crippen LogP contribution in [0.2, 0.25) is 0 Å². The molecule has 3 aromatic rings. The fourth-order valence-electron chi connectivity index (χ4n) is 4.16. The van der Waals surface area contributed by atoms with Crippen LogP contribution in [0, 0.1) is 5.82 Å². The average Bonchev–Trinajstić information content (AvgIpc) is 3.07. The molecular weight excluding hydrogens is 391 g/mol. The van der Waals surface area contributed by atoms with E-state index in [1.807, 2.05) is 30.3 Å². The van der Waals surface area contributed by atoms with E-state index in [-0.39, 0.29) is 11.6 Å². The Hall–Kier alpha value is -3.51. The highest BCUT2D eigenvalue weighted by Crippen LogP contribution is 2.31. The second-order valence-electron chi connectivity index (χ2n) is 7.74. The summed E-state index contributed by atoms with van der Waals surface area (Å²) in [7, 11) is 0. The van der Waals surface area contributed by atoms with Crippen molar-refractivity contribution in [3.63, 3.8) is 0 Å². The van der Waals surface area contributed by atoms with Crippen LogP contribution in [0.25, 0.3) is 0 Å². The number of aliphatic imine (C=N–C) groups is 1. The van der Waals surface area contributed by atoms with E-state index in [9.17, 15) is 9.18 Å². The molecule has 156 valence electrons. The van der Waals surface area contributed by atoms with Crippen LogP contribution in [0.5, 0.6) is 0 Å². The van der Waals surface area contributed by atoms with Crippen LogP contribution in [-0.4, -0.2) is 49.4 Å². The fraction of sp³-hybridized carbons (Fsp3) is 0.200. The third-order valence-corrected chi connectivity index (χ3v) is 5.82. The topological polar surface area (TPSA) is 39.2 Å². The van der Waals surface area contributed by atoms with Crippen LogP contribution in [0.4, 0.5) is 21.5 Å². The second-order valence-corrected chi connectivity index (χ2v) is 7.74. The van der Waals surface area contributed by atoms with Crippen molar-refractivity contribution in [1.82, 2.24) is 4.90 Å². The van der Waals surface area contributed by atoms with Gasteiger partial charge in [-0.15, -0.1) is 0 Å². The molecule has 31 heavy (non-hydrogen) atoms. The summed E-state index contributed by atoms with van der Waals surface area (Å²) in [6, 6.07) is 24.3. The minimum Gasteiger partial charge on any atom is -0.369 e. The van der Waals surface area contributed by atoms with Gasteiger partial charge in [0.15, 0.2) is 0 Å². The van der Waals surface area contributed by atoms with Gasteiger partial charge in [-0.2, -0.15) is 0 Å². The molecule has 6 heteroatoms. The molecule has 0 N–H and O–H groups in total. The van der Waals surface area contributed by atoms with Gasteiger partial charge >= 0.3 is 0 Å². The molecule has 0 aromatic heterocycles. The SMILES string of the molecule is O=C1C(=Nc2ccccc2F)c2ccccc2N1CN1CCN(c2ccccc2)CC1. The van der Waals surface area contributed by atoms with Crippen molar-refractivity contribution in [2.75, 3.05) is 42.6 Å². The molecule has 0 spiro atoms.